The Labute approximate surface area is 98.5 Å². The van der Waals surface area contributed by atoms with Gasteiger partial charge >= 0.3 is 0 Å². The molecular weight excluding hydrogens is 222 g/mol. The quantitative estimate of drug-likeness (QED) is 0.736. The molecule has 84 valence electrons. The molecule has 1 aromatic heterocycles. The lowest BCUT2D eigenvalue weighted by Crippen LogP contribution is -2.18. The number of thiazole rings is 1. The Morgan fingerprint density at radius 1 is 1.69 bits per heavy atom. The van der Waals surface area contributed by atoms with Gasteiger partial charge in [-0.05, 0) is 13.3 Å². The number of nitrogens with zero attached hydrogens (tertiary/aromatic N) is 3. The normalized spacial score (nSPS) is 19.8. The second-order valence-corrected chi connectivity index (χ2v) is 5.01. The van der Waals surface area contributed by atoms with E-state index in [0.29, 0.717) is 0 Å². The van der Waals surface area contributed by atoms with Gasteiger partial charge in [-0.1, -0.05) is 11.3 Å². The molecule has 0 amide bonds. The van der Waals surface area contributed by atoms with Gasteiger partial charge in [0.2, 0.25) is 0 Å². The second kappa shape index (κ2) is 4.22. The lowest BCUT2D eigenvalue weighted by molar-refractivity contribution is 0.102. The van der Waals surface area contributed by atoms with Gasteiger partial charge in [0.05, 0.1) is 22.6 Å². The molecule has 1 aliphatic rings. The Balaban J connectivity index is 2.20. The molecule has 0 aliphatic carbocycles. The Bertz CT molecular complexity index is 460. The maximum absolute atomic E-state index is 11.3. The molecule has 0 N–H and O–H groups in total. The van der Waals surface area contributed by atoms with Crippen molar-refractivity contribution >= 4 is 22.3 Å². The van der Waals surface area contributed by atoms with Crippen molar-refractivity contribution in [2.75, 3.05) is 18.0 Å². The number of Topliss-reactive ketones (excluding diaryl/α,β-unsaturated/α-hetero) is 1. The number of carbonyl (C=O) groups is 1. The fraction of sp³-hybridized carbons (Fsp3) is 0.545. The molecule has 1 saturated heterocycles. The smallest absolute Gasteiger partial charge is 0.186 e. The minimum Gasteiger partial charge on any atom is -0.347 e. The second-order valence-electron chi connectivity index (χ2n) is 4.03. The first kappa shape index (κ1) is 11.1. The largest absolute Gasteiger partial charge is 0.347 e. The van der Waals surface area contributed by atoms with Crippen LogP contribution in [0.25, 0.3) is 0 Å². The molecule has 1 aromatic rings. The molecule has 16 heavy (non-hydrogen) atoms. The molecule has 0 radical (unpaired) electrons. The Morgan fingerprint density at radius 2 is 2.44 bits per heavy atom. The summed E-state index contributed by atoms with van der Waals surface area (Å²) in [4.78, 5) is 18.5. The number of rotatable bonds is 2. The van der Waals surface area contributed by atoms with Gasteiger partial charge in [0.25, 0.3) is 0 Å². The number of aromatic nitrogens is 1. The zero-order valence-corrected chi connectivity index (χ0v) is 10.2. The van der Waals surface area contributed by atoms with E-state index in [2.05, 4.69) is 16.0 Å². The minimum absolute atomic E-state index is 0.0669. The highest BCUT2D eigenvalue weighted by Crippen LogP contribution is 2.30. The van der Waals surface area contributed by atoms with E-state index in [-0.39, 0.29) is 11.7 Å². The highest BCUT2D eigenvalue weighted by molar-refractivity contribution is 7.17. The zero-order valence-electron chi connectivity index (χ0n) is 9.36. The molecule has 4 nitrogen and oxygen atoms in total. The number of nitriles is 1. The van der Waals surface area contributed by atoms with E-state index in [1.54, 1.807) is 6.92 Å². The van der Waals surface area contributed by atoms with Crippen molar-refractivity contribution in [3.63, 3.8) is 0 Å². The molecule has 2 rings (SSSR count). The Morgan fingerprint density at radius 3 is 2.94 bits per heavy atom. The molecule has 0 saturated carbocycles. The van der Waals surface area contributed by atoms with E-state index in [1.807, 2.05) is 6.92 Å². The van der Waals surface area contributed by atoms with Gasteiger partial charge in [0.1, 0.15) is 0 Å². The van der Waals surface area contributed by atoms with Gasteiger partial charge in [0, 0.05) is 20.0 Å². The van der Waals surface area contributed by atoms with E-state index in [0.717, 1.165) is 35.2 Å². The van der Waals surface area contributed by atoms with Gasteiger partial charge in [-0.15, -0.1) is 0 Å². The summed E-state index contributed by atoms with van der Waals surface area (Å²) in [5.74, 6) is 0.169. The van der Waals surface area contributed by atoms with Crippen LogP contribution in [0.5, 0.6) is 0 Å². The van der Waals surface area contributed by atoms with Crippen LogP contribution in [-0.4, -0.2) is 23.9 Å². The third-order valence-corrected chi connectivity index (χ3v) is 4.07. The van der Waals surface area contributed by atoms with Crippen LogP contribution in [0.4, 0.5) is 5.13 Å². The van der Waals surface area contributed by atoms with Crippen LogP contribution in [0.15, 0.2) is 0 Å². The molecule has 1 atom stereocenters. The van der Waals surface area contributed by atoms with Crippen molar-refractivity contribution in [1.29, 1.82) is 5.26 Å². The number of carbonyl (C=O) groups excluding carboxylic acids is 1. The predicted octanol–water partition coefficient (Wildman–Crippen LogP) is 2.00. The van der Waals surface area contributed by atoms with Gasteiger partial charge in [-0.2, -0.15) is 5.26 Å². The first-order valence-corrected chi connectivity index (χ1v) is 6.06. The monoisotopic (exact) mass is 235 g/mol. The maximum Gasteiger partial charge on any atom is 0.186 e. The van der Waals surface area contributed by atoms with Gasteiger partial charge in [-0.3, -0.25) is 4.79 Å². The van der Waals surface area contributed by atoms with Crippen LogP contribution in [0.2, 0.25) is 0 Å². The van der Waals surface area contributed by atoms with E-state index in [9.17, 15) is 4.79 Å². The predicted molar refractivity (Wildman–Crippen MR) is 62.8 cm³/mol. The van der Waals surface area contributed by atoms with Crippen molar-refractivity contribution < 1.29 is 4.79 Å². The zero-order chi connectivity index (χ0) is 11.7. The summed E-state index contributed by atoms with van der Waals surface area (Å²) in [5, 5.41) is 9.71. The summed E-state index contributed by atoms with van der Waals surface area (Å²) in [7, 11) is 0. The summed E-state index contributed by atoms with van der Waals surface area (Å²) < 4.78 is 0. The van der Waals surface area contributed by atoms with Crippen LogP contribution < -0.4 is 4.90 Å². The lowest BCUT2D eigenvalue weighted by atomic mass is 10.1. The standard InChI is InChI=1S/C11H13N3OS/c1-7-10(8(2)15)16-11(13-7)14-4-3-9(5-12)6-14/h9H,3-4,6H2,1-2H3/t9-/m1/s1. The number of hydrogen-bond donors (Lipinski definition) is 0. The average Bonchev–Trinajstić information content (AvgIpc) is 2.83. The van der Waals surface area contributed by atoms with Crippen LogP contribution >= 0.6 is 11.3 Å². The summed E-state index contributed by atoms with van der Waals surface area (Å²) in [6.07, 6.45) is 0.893. The van der Waals surface area contributed by atoms with Gasteiger partial charge < -0.3 is 4.90 Å². The average molecular weight is 235 g/mol. The van der Waals surface area contributed by atoms with Crippen molar-refractivity contribution in [3.8, 4) is 6.07 Å². The molecule has 0 spiro atoms. The molecule has 0 aromatic carbocycles. The summed E-state index contributed by atoms with van der Waals surface area (Å²) >= 11 is 1.43. The van der Waals surface area contributed by atoms with Crippen molar-refractivity contribution in [2.45, 2.75) is 20.3 Å². The van der Waals surface area contributed by atoms with Gasteiger partial charge in [0.15, 0.2) is 10.9 Å². The lowest BCUT2D eigenvalue weighted by Gasteiger charge is -2.12. The number of anilines is 1. The van der Waals surface area contributed by atoms with Crippen molar-refractivity contribution in [3.05, 3.63) is 10.6 Å². The third kappa shape index (κ3) is 1.93. The van der Waals surface area contributed by atoms with Crippen molar-refractivity contribution in [2.24, 2.45) is 5.92 Å². The first-order chi connectivity index (χ1) is 7.61. The fourth-order valence-corrected chi connectivity index (χ4v) is 2.88. The summed E-state index contributed by atoms with van der Waals surface area (Å²) in [6, 6.07) is 2.28. The topological polar surface area (TPSA) is 57.0 Å². The van der Waals surface area contributed by atoms with E-state index >= 15 is 0 Å². The molecule has 1 aliphatic heterocycles. The number of hydrogen-bond acceptors (Lipinski definition) is 5. The van der Waals surface area contributed by atoms with E-state index in [4.69, 9.17) is 5.26 Å². The number of ketones is 1. The number of aryl methyl sites for hydroxylation is 1. The third-order valence-electron chi connectivity index (χ3n) is 2.75. The SMILES string of the molecule is CC(=O)c1sc(N2CC[C@H](C#N)C2)nc1C. The Kier molecular flexibility index (Phi) is 2.92. The van der Waals surface area contributed by atoms with Crippen LogP contribution in [0, 0.1) is 24.2 Å². The van der Waals surface area contributed by atoms with E-state index in [1.165, 1.54) is 11.3 Å². The molecule has 2 heterocycles. The highest BCUT2D eigenvalue weighted by atomic mass is 32.1. The molecule has 5 heteroatoms. The first-order valence-electron chi connectivity index (χ1n) is 5.24. The molecular formula is C11H13N3OS. The van der Waals surface area contributed by atoms with E-state index < -0.39 is 0 Å². The van der Waals surface area contributed by atoms with Crippen molar-refractivity contribution in [1.82, 2.24) is 4.98 Å². The molecule has 0 unspecified atom stereocenters. The fourth-order valence-electron chi connectivity index (χ4n) is 1.88. The molecule has 1 fully saturated rings. The minimum atomic E-state index is 0.0669. The van der Waals surface area contributed by atoms with Crippen LogP contribution in [0.3, 0.4) is 0 Å². The van der Waals surface area contributed by atoms with Crippen LogP contribution in [0.1, 0.15) is 28.7 Å². The highest BCUT2D eigenvalue weighted by Gasteiger charge is 2.25. The van der Waals surface area contributed by atoms with Crippen LogP contribution in [-0.2, 0) is 0 Å². The molecule has 0 bridgehead atoms. The Hall–Kier alpha value is -1.41. The van der Waals surface area contributed by atoms with Gasteiger partial charge in [-0.25, -0.2) is 4.98 Å². The summed E-state index contributed by atoms with van der Waals surface area (Å²) in [5.41, 5.74) is 0.799. The maximum atomic E-state index is 11.3. The summed E-state index contributed by atoms with van der Waals surface area (Å²) in [6.45, 7) is 5.02.